The van der Waals surface area contributed by atoms with E-state index in [2.05, 4.69) is 22.7 Å². The standard InChI is InChI=1S/C10H14N2O3S2/c1-11-17(14,15)7-6-12-10(13)8-2-4-9(16)5-3-8/h2-5,11,16H,6-7H2,1H3,(H,12,13). The molecular formula is C10H14N2O3S2. The lowest BCUT2D eigenvalue weighted by Crippen LogP contribution is -2.32. The second-order valence-electron chi connectivity index (χ2n) is 3.33. The molecule has 0 saturated carbocycles. The summed E-state index contributed by atoms with van der Waals surface area (Å²) < 4.78 is 24.4. The Morgan fingerprint density at radius 3 is 2.41 bits per heavy atom. The summed E-state index contributed by atoms with van der Waals surface area (Å²) >= 11 is 4.10. The Balaban J connectivity index is 2.48. The van der Waals surface area contributed by atoms with Gasteiger partial charge in [-0.3, -0.25) is 4.79 Å². The van der Waals surface area contributed by atoms with Gasteiger partial charge in [-0.25, -0.2) is 13.1 Å². The Labute approximate surface area is 106 Å². The van der Waals surface area contributed by atoms with Gasteiger partial charge in [0.1, 0.15) is 0 Å². The molecule has 0 aliphatic carbocycles. The third kappa shape index (κ3) is 4.76. The van der Waals surface area contributed by atoms with Gasteiger partial charge in [0, 0.05) is 17.0 Å². The molecule has 0 aromatic heterocycles. The minimum Gasteiger partial charge on any atom is -0.351 e. The molecule has 0 heterocycles. The molecule has 0 bridgehead atoms. The smallest absolute Gasteiger partial charge is 0.251 e. The molecule has 7 heteroatoms. The van der Waals surface area contributed by atoms with Crippen LogP contribution in [-0.2, 0) is 10.0 Å². The molecule has 1 aromatic carbocycles. The average Bonchev–Trinajstić information content (AvgIpc) is 2.29. The molecule has 1 rings (SSSR count). The van der Waals surface area contributed by atoms with E-state index in [1.165, 1.54) is 7.05 Å². The minimum atomic E-state index is -3.28. The zero-order valence-electron chi connectivity index (χ0n) is 9.30. The van der Waals surface area contributed by atoms with Gasteiger partial charge in [0.25, 0.3) is 5.91 Å². The number of benzene rings is 1. The first-order valence-electron chi connectivity index (χ1n) is 4.93. The summed E-state index contributed by atoms with van der Waals surface area (Å²) in [6, 6.07) is 6.65. The highest BCUT2D eigenvalue weighted by atomic mass is 32.2. The fourth-order valence-corrected chi connectivity index (χ4v) is 1.84. The van der Waals surface area contributed by atoms with E-state index in [1.807, 2.05) is 0 Å². The van der Waals surface area contributed by atoms with Crippen LogP contribution in [0.3, 0.4) is 0 Å². The van der Waals surface area contributed by atoms with Crippen LogP contribution in [0.25, 0.3) is 0 Å². The molecule has 0 aliphatic heterocycles. The zero-order chi connectivity index (χ0) is 12.9. The summed E-state index contributed by atoms with van der Waals surface area (Å²) in [6.07, 6.45) is 0. The molecule has 94 valence electrons. The number of thiol groups is 1. The molecule has 5 nitrogen and oxygen atoms in total. The highest BCUT2D eigenvalue weighted by Gasteiger charge is 2.09. The molecule has 0 spiro atoms. The quantitative estimate of drug-likeness (QED) is 0.674. The maximum absolute atomic E-state index is 11.6. The minimum absolute atomic E-state index is 0.0740. The number of nitrogens with one attached hydrogen (secondary N) is 2. The molecule has 0 aliphatic rings. The van der Waals surface area contributed by atoms with Crippen LogP contribution >= 0.6 is 12.6 Å². The number of amides is 1. The summed E-state index contributed by atoms with van der Waals surface area (Å²) in [4.78, 5) is 12.3. The van der Waals surface area contributed by atoms with Gasteiger partial charge in [-0.15, -0.1) is 12.6 Å². The number of carbonyl (C=O) groups is 1. The van der Waals surface area contributed by atoms with Gasteiger partial charge in [-0.1, -0.05) is 0 Å². The first kappa shape index (κ1) is 14.0. The van der Waals surface area contributed by atoms with Crippen LogP contribution in [0.1, 0.15) is 10.4 Å². The molecule has 1 amide bonds. The van der Waals surface area contributed by atoms with Crippen molar-refractivity contribution in [3.05, 3.63) is 29.8 Å². The van der Waals surface area contributed by atoms with Crippen molar-refractivity contribution in [3.8, 4) is 0 Å². The summed E-state index contributed by atoms with van der Waals surface area (Å²) in [5.41, 5.74) is 0.477. The van der Waals surface area contributed by atoms with Gasteiger partial charge >= 0.3 is 0 Å². The summed E-state index contributed by atoms with van der Waals surface area (Å²) in [7, 11) is -1.95. The number of sulfonamides is 1. The van der Waals surface area contributed by atoms with Crippen molar-refractivity contribution < 1.29 is 13.2 Å². The molecule has 17 heavy (non-hydrogen) atoms. The normalized spacial score (nSPS) is 11.2. The Kier molecular flexibility index (Phi) is 4.98. The second-order valence-corrected chi connectivity index (χ2v) is 5.89. The van der Waals surface area contributed by atoms with Crippen molar-refractivity contribution in [2.45, 2.75) is 4.90 Å². The zero-order valence-corrected chi connectivity index (χ0v) is 11.0. The summed E-state index contributed by atoms with van der Waals surface area (Å²) in [6.45, 7) is 0.0740. The molecule has 2 N–H and O–H groups in total. The Bertz CT molecular complexity index is 483. The molecule has 1 aromatic rings. The molecule has 0 fully saturated rings. The largest absolute Gasteiger partial charge is 0.351 e. The van der Waals surface area contributed by atoms with Crippen LogP contribution in [0.4, 0.5) is 0 Å². The first-order chi connectivity index (χ1) is 7.94. The van der Waals surface area contributed by atoms with E-state index >= 15 is 0 Å². The topological polar surface area (TPSA) is 75.3 Å². The highest BCUT2D eigenvalue weighted by molar-refractivity contribution is 7.89. The van der Waals surface area contributed by atoms with Crippen LogP contribution < -0.4 is 10.0 Å². The lowest BCUT2D eigenvalue weighted by atomic mass is 10.2. The highest BCUT2D eigenvalue weighted by Crippen LogP contribution is 2.07. The maximum atomic E-state index is 11.6. The molecule has 0 unspecified atom stereocenters. The lowest BCUT2D eigenvalue weighted by molar-refractivity contribution is 0.0956. The van der Waals surface area contributed by atoms with E-state index in [9.17, 15) is 13.2 Å². The molecule has 0 atom stereocenters. The second kappa shape index (κ2) is 6.04. The van der Waals surface area contributed by atoms with E-state index in [1.54, 1.807) is 24.3 Å². The van der Waals surface area contributed by atoms with Crippen molar-refractivity contribution in [1.29, 1.82) is 0 Å². The average molecular weight is 274 g/mol. The monoisotopic (exact) mass is 274 g/mol. The van der Waals surface area contributed by atoms with Gasteiger partial charge in [-0.2, -0.15) is 0 Å². The van der Waals surface area contributed by atoms with E-state index < -0.39 is 10.0 Å². The fourth-order valence-electron chi connectivity index (χ4n) is 1.12. The van der Waals surface area contributed by atoms with Gasteiger partial charge < -0.3 is 5.32 Å². The van der Waals surface area contributed by atoms with Crippen molar-refractivity contribution in [2.75, 3.05) is 19.3 Å². The van der Waals surface area contributed by atoms with Crippen LogP contribution in [0.5, 0.6) is 0 Å². The predicted octanol–water partition coefficient (Wildman–Crippen LogP) is 0.254. The van der Waals surface area contributed by atoms with Crippen LogP contribution in [0, 0.1) is 0 Å². The fraction of sp³-hybridized carbons (Fsp3) is 0.300. The Morgan fingerprint density at radius 1 is 1.29 bits per heavy atom. The SMILES string of the molecule is CNS(=O)(=O)CCNC(=O)c1ccc(S)cc1. The van der Waals surface area contributed by atoms with Crippen LogP contribution in [-0.4, -0.2) is 33.7 Å². The van der Waals surface area contributed by atoms with Gasteiger partial charge in [-0.05, 0) is 31.3 Å². The van der Waals surface area contributed by atoms with Crippen LogP contribution in [0.2, 0.25) is 0 Å². The maximum Gasteiger partial charge on any atom is 0.251 e. The summed E-state index contributed by atoms with van der Waals surface area (Å²) in [5, 5.41) is 2.53. The van der Waals surface area contributed by atoms with Crippen molar-refractivity contribution >= 4 is 28.6 Å². The molecular weight excluding hydrogens is 260 g/mol. The Morgan fingerprint density at radius 2 is 1.88 bits per heavy atom. The third-order valence-corrected chi connectivity index (χ3v) is 3.76. The van der Waals surface area contributed by atoms with Crippen molar-refractivity contribution in [1.82, 2.24) is 10.0 Å². The summed E-state index contributed by atoms with van der Waals surface area (Å²) in [5.74, 6) is -0.440. The number of rotatable bonds is 5. The first-order valence-corrected chi connectivity index (χ1v) is 7.03. The van der Waals surface area contributed by atoms with Gasteiger partial charge in [0.05, 0.1) is 5.75 Å². The molecule has 0 saturated heterocycles. The number of hydrogen-bond donors (Lipinski definition) is 3. The number of hydrogen-bond acceptors (Lipinski definition) is 4. The van der Waals surface area contributed by atoms with E-state index in [0.717, 1.165) is 4.90 Å². The van der Waals surface area contributed by atoms with Gasteiger partial charge in [0.15, 0.2) is 0 Å². The molecule has 0 radical (unpaired) electrons. The van der Waals surface area contributed by atoms with E-state index in [-0.39, 0.29) is 18.2 Å². The predicted molar refractivity (Wildman–Crippen MR) is 68.9 cm³/mol. The van der Waals surface area contributed by atoms with Crippen LogP contribution in [0.15, 0.2) is 29.2 Å². The van der Waals surface area contributed by atoms with E-state index in [4.69, 9.17) is 0 Å². The number of carbonyl (C=O) groups excluding carboxylic acids is 1. The third-order valence-electron chi connectivity index (χ3n) is 2.10. The van der Waals surface area contributed by atoms with E-state index in [0.29, 0.717) is 5.56 Å². The Hall–Kier alpha value is -1.05. The van der Waals surface area contributed by atoms with Crippen molar-refractivity contribution in [2.24, 2.45) is 0 Å². The van der Waals surface area contributed by atoms with Crippen molar-refractivity contribution in [3.63, 3.8) is 0 Å². The lowest BCUT2D eigenvalue weighted by Gasteiger charge is -2.05. The van der Waals surface area contributed by atoms with Gasteiger partial charge in [0.2, 0.25) is 10.0 Å².